The first kappa shape index (κ1) is 25.5. The summed E-state index contributed by atoms with van der Waals surface area (Å²) in [5.74, 6) is -1.07. The number of nitrogens with zero attached hydrogens (tertiary/aromatic N) is 1. The zero-order chi connectivity index (χ0) is 25.9. The maximum absolute atomic E-state index is 12.9. The zero-order valence-corrected chi connectivity index (χ0v) is 21.0. The van der Waals surface area contributed by atoms with Gasteiger partial charge >= 0.3 is 18.2 Å². The van der Waals surface area contributed by atoms with E-state index in [1.165, 1.54) is 11.1 Å². The van der Waals surface area contributed by atoms with Gasteiger partial charge in [-0.1, -0.05) is 48.5 Å². The van der Waals surface area contributed by atoms with Gasteiger partial charge in [0.15, 0.2) is 0 Å². The highest BCUT2D eigenvalue weighted by Crippen LogP contribution is 2.44. The normalized spacial score (nSPS) is 16.6. The second-order valence-electron chi connectivity index (χ2n) is 10.5. The van der Waals surface area contributed by atoms with Gasteiger partial charge in [-0.2, -0.15) is 0 Å². The molecule has 0 unspecified atom stereocenters. The number of carbonyl (C=O) groups is 3. The summed E-state index contributed by atoms with van der Waals surface area (Å²) >= 11 is 0. The van der Waals surface area contributed by atoms with E-state index in [1.807, 2.05) is 24.3 Å². The number of amides is 2. The van der Waals surface area contributed by atoms with Crippen LogP contribution in [0.4, 0.5) is 9.59 Å². The summed E-state index contributed by atoms with van der Waals surface area (Å²) in [6.45, 7) is 6.40. The lowest BCUT2D eigenvalue weighted by Gasteiger charge is -2.35. The standard InChI is InChI=1S/C28H34N2O6/c1-28(2,3)36-26(33)29-24(16-25(31)32)18-12-14-30(15-13-18)27(34)35-17-23-21-10-6-4-8-19(21)20-9-5-7-11-22(20)23/h4-11,18,23-24H,12-17H2,1-3H3,(H,29,33)(H,31,32)/t24-/m1/s1. The van der Waals surface area contributed by atoms with Gasteiger partial charge in [-0.05, 0) is 61.8 Å². The quantitative estimate of drug-likeness (QED) is 0.585. The number of hydrogen-bond acceptors (Lipinski definition) is 5. The van der Waals surface area contributed by atoms with Gasteiger partial charge in [-0.25, -0.2) is 9.59 Å². The molecule has 1 fully saturated rings. The molecule has 2 aromatic carbocycles. The molecule has 2 amide bonds. The van der Waals surface area contributed by atoms with Gasteiger partial charge in [0.1, 0.15) is 12.2 Å². The molecule has 2 aromatic rings. The van der Waals surface area contributed by atoms with Crippen LogP contribution in [-0.4, -0.2) is 59.5 Å². The summed E-state index contributed by atoms with van der Waals surface area (Å²) in [6, 6.07) is 15.8. The van der Waals surface area contributed by atoms with Crippen molar-refractivity contribution in [2.75, 3.05) is 19.7 Å². The number of alkyl carbamates (subject to hydrolysis) is 1. The van der Waals surface area contributed by atoms with Crippen LogP contribution in [-0.2, 0) is 14.3 Å². The van der Waals surface area contributed by atoms with Crippen molar-refractivity contribution >= 4 is 18.2 Å². The number of aliphatic carboxylic acids is 1. The molecule has 0 aromatic heterocycles. The molecule has 0 radical (unpaired) electrons. The Kier molecular flexibility index (Phi) is 7.52. The van der Waals surface area contributed by atoms with E-state index in [1.54, 1.807) is 25.7 Å². The van der Waals surface area contributed by atoms with Crippen LogP contribution in [0.1, 0.15) is 57.1 Å². The second kappa shape index (κ2) is 10.6. The summed E-state index contributed by atoms with van der Waals surface area (Å²) in [7, 11) is 0. The number of piperidine rings is 1. The van der Waals surface area contributed by atoms with Gasteiger partial charge in [0, 0.05) is 25.0 Å². The molecule has 0 bridgehead atoms. The van der Waals surface area contributed by atoms with Crippen LogP contribution in [0.2, 0.25) is 0 Å². The lowest BCUT2D eigenvalue weighted by atomic mass is 9.87. The molecule has 1 aliphatic heterocycles. The van der Waals surface area contributed by atoms with Crippen molar-refractivity contribution in [1.82, 2.24) is 10.2 Å². The van der Waals surface area contributed by atoms with E-state index in [-0.39, 0.29) is 31.0 Å². The third-order valence-corrected chi connectivity index (χ3v) is 6.80. The van der Waals surface area contributed by atoms with Crippen LogP contribution < -0.4 is 5.32 Å². The minimum absolute atomic E-state index is 0.00290. The lowest BCUT2D eigenvalue weighted by molar-refractivity contribution is -0.138. The van der Waals surface area contributed by atoms with Gasteiger partial charge in [0.25, 0.3) is 0 Å². The number of carbonyl (C=O) groups excluding carboxylic acids is 2. The lowest BCUT2D eigenvalue weighted by Crippen LogP contribution is -2.48. The maximum atomic E-state index is 12.9. The van der Waals surface area contributed by atoms with E-state index in [4.69, 9.17) is 9.47 Å². The molecule has 36 heavy (non-hydrogen) atoms. The minimum Gasteiger partial charge on any atom is -0.481 e. The van der Waals surface area contributed by atoms with Crippen molar-refractivity contribution in [2.24, 2.45) is 5.92 Å². The fraction of sp³-hybridized carbons (Fsp3) is 0.464. The first-order valence-electron chi connectivity index (χ1n) is 12.4. The maximum Gasteiger partial charge on any atom is 0.409 e. The first-order valence-corrected chi connectivity index (χ1v) is 12.4. The van der Waals surface area contributed by atoms with Crippen LogP contribution in [0.15, 0.2) is 48.5 Å². The smallest absolute Gasteiger partial charge is 0.409 e. The predicted octanol–water partition coefficient (Wildman–Crippen LogP) is 5.02. The van der Waals surface area contributed by atoms with Crippen LogP contribution in [0.25, 0.3) is 11.1 Å². The molecule has 2 aliphatic rings. The van der Waals surface area contributed by atoms with E-state index in [0.29, 0.717) is 25.9 Å². The molecular formula is C28H34N2O6. The Hall–Kier alpha value is -3.55. The Morgan fingerprint density at radius 2 is 1.56 bits per heavy atom. The van der Waals surface area contributed by atoms with E-state index < -0.39 is 23.7 Å². The highest BCUT2D eigenvalue weighted by atomic mass is 16.6. The van der Waals surface area contributed by atoms with E-state index >= 15 is 0 Å². The summed E-state index contributed by atoms with van der Waals surface area (Å²) in [4.78, 5) is 38.2. The van der Waals surface area contributed by atoms with Crippen molar-refractivity contribution in [3.8, 4) is 11.1 Å². The summed E-state index contributed by atoms with van der Waals surface area (Å²) < 4.78 is 11.1. The Morgan fingerprint density at radius 1 is 1.00 bits per heavy atom. The molecular weight excluding hydrogens is 460 g/mol. The monoisotopic (exact) mass is 494 g/mol. The molecule has 192 valence electrons. The van der Waals surface area contributed by atoms with Crippen molar-refractivity contribution in [1.29, 1.82) is 0 Å². The fourth-order valence-electron chi connectivity index (χ4n) is 5.15. The number of carboxylic acid groups (broad SMARTS) is 1. The number of benzene rings is 2. The van der Waals surface area contributed by atoms with E-state index in [9.17, 15) is 19.5 Å². The average molecular weight is 495 g/mol. The topological polar surface area (TPSA) is 105 Å². The third kappa shape index (κ3) is 5.98. The number of hydrogen-bond donors (Lipinski definition) is 2. The number of rotatable bonds is 6. The van der Waals surface area contributed by atoms with Crippen LogP contribution in [0.3, 0.4) is 0 Å². The molecule has 0 saturated carbocycles. The Balaban J connectivity index is 1.33. The highest BCUT2D eigenvalue weighted by molar-refractivity contribution is 5.79. The molecule has 8 nitrogen and oxygen atoms in total. The van der Waals surface area contributed by atoms with Crippen molar-refractivity contribution in [2.45, 2.75) is 57.6 Å². The van der Waals surface area contributed by atoms with E-state index in [2.05, 4.69) is 29.6 Å². The second-order valence-corrected chi connectivity index (χ2v) is 10.5. The Labute approximate surface area is 211 Å². The van der Waals surface area contributed by atoms with Crippen LogP contribution in [0, 0.1) is 5.92 Å². The van der Waals surface area contributed by atoms with Gasteiger partial charge in [0.05, 0.1) is 6.42 Å². The average Bonchev–Trinajstić information content (AvgIpc) is 3.14. The number of fused-ring (bicyclic) bond motifs is 3. The summed E-state index contributed by atoms with van der Waals surface area (Å²) in [5, 5.41) is 12.1. The van der Waals surface area contributed by atoms with Gasteiger partial charge < -0.3 is 24.8 Å². The predicted molar refractivity (Wildman–Crippen MR) is 135 cm³/mol. The Morgan fingerprint density at radius 3 is 2.08 bits per heavy atom. The number of nitrogens with one attached hydrogen (secondary N) is 1. The first-order chi connectivity index (χ1) is 17.1. The van der Waals surface area contributed by atoms with Crippen molar-refractivity contribution < 1.29 is 29.0 Å². The summed E-state index contributed by atoms with van der Waals surface area (Å²) in [5.41, 5.74) is 4.00. The minimum atomic E-state index is -0.991. The van der Waals surface area contributed by atoms with Crippen molar-refractivity contribution in [3.63, 3.8) is 0 Å². The third-order valence-electron chi connectivity index (χ3n) is 6.80. The molecule has 2 N–H and O–H groups in total. The molecule has 4 rings (SSSR count). The molecule has 1 heterocycles. The molecule has 1 atom stereocenters. The zero-order valence-electron chi connectivity index (χ0n) is 21.0. The van der Waals surface area contributed by atoms with Crippen molar-refractivity contribution in [3.05, 3.63) is 59.7 Å². The van der Waals surface area contributed by atoms with Crippen LogP contribution >= 0.6 is 0 Å². The van der Waals surface area contributed by atoms with E-state index in [0.717, 1.165) is 11.1 Å². The molecule has 8 heteroatoms. The number of carboxylic acids is 1. The Bertz CT molecular complexity index is 1070. The van der Waals surface area contributed by atoms with Gasteiger partial charge in [-0.3, -0.25) is 4.79 Å². The molecule has 1 aliphatic carbocycles. The number of likely N-dealkylation sites (tertiary alicyclic amines) is 1. The molecule has 1 saturated heterocycles. The fourth-order valence-corrected chi connectivity index (χ4v) is 5.15. The molecule has 0 spiro atoms. The van der Waals surface area contributed by atoms with Crippen LogP contribution in [0.5, 0.6) is 0 Å². The number of ether oxygens (including phenoxy) is 2. The highest BCUT2D eigenvalue weighted by Gasteiger charge is 2.34. The van der Waals surface area contributed by atoms with Gasteiger partial charge in [-0.15, -0.1) is 0 Å². The SMILES string of the molecule is CC(C)(C)OC(=O)N[C@H](CC(=O)O)C1CCN(C(=O)OCC2c3ccccc3-c3ccccc32)CC1. The summed E-state index contributed by atoms with van der Waals surface area (Å²) in [6.07, 6.45) is -0.0667. The van der Waals surface area contributed by atoms with Gasteiger partial charge in [0.2, 0.25) is 0 Å². The largest absolute Gasteiger partial charge is 0.481 e.